The summed E-state index contributed by atoms with van der Waals surface area (Å²) in [6, 6.07) is 0. The number of anilines is 3. The molecule has 1 aromatic rings. The average Bonchev–Trinajstić information content (AvgIpc) is 2.02. The van der Waals surface area contributed by atoms with Crippen molar-refractivity contribution >= 4 is 64.2 Å². The summed E-state index contributed by atoms with van der Waals surface area (Å²) in [5.74, 6) is 4.33. The zero-order valence-corrected chi connectivity index (χ0v) is 7.80. The molecule has 0 fully saturated rings. The van der Waals surface area contributed by atoms with Gasteiger partial charge in [-0.25, -0.2) is 10.5 Å². The van der Waals surface area contributed by atoms with Gasteiger partial charge in [-0.2, -0.15) is 15.0 Å². The Labute approximate surface area is 116 Å². The summed E-state index contributed by atoms with van der Waals surface area (Å²) in [6.07, 6.45) is 0. The summed E-state index contributed by atoms with van der Waals surface area (Å²) in [4.78, 5) is 25.7. The molecule has 0 atom stereocenters. The summed E-state index contributed by atoms with van der Waals surface area (Å²) in [5, 5.41) is 0. The fourth-order valence-corrected chi connectivity index (χ4v) is 0.427. The quantitative estimate of drug-likeness (QED) is 0.171. The van der Waals surface area contributed by atoms with E-state index in [9.17, 15) is 0 Å². The van der Waals surface area contributed by atoms with E-state index >= 15 is 0 Å². The van der Waals surface area contributed by atoms with Gasteiger partial charge in [0.1, 0.15) is 0 Å². The molecule has 15 heavy (non-hydrogen) atoms. The molecule has 0 aliphatic carbocycles. The Hall–Kier alpha value is -0.0603. The molecule has 1 aromatic heterocycles. The number of nitrogen functional groups attached to an aromatic ring is 3. The molecule has 0 amide bonds. The van der Waals surface area contributed by atoms with E-state index in [0.717, 1.165) is 0 Å². The molecule has 0 bridgehead atoms. The average molecular weight is 265 g/mol. The van der Waals surface area contributed by atoms with E-state index in [1.54, 1.807) is 0 Å². The summed E-state index contributed by atoms with van der Waals surface area (Å²) in [7, 11) is -2.32. The van der Waals surface area contributed by atoms with Crippen molar-refractivity contribution in [2.24, 2.45) is 5.90 Å². The van der Waals surface area contributed by atoms with Crippen LogP contribution in [0.3, 0.4) is 0 Å². The first-order chi connectivity index (χ1) is 6.45. The molecular formula is C3H12CaN7O3P. The van der Waals surface area contributed by atoms with Crippen LogP contribution in [0.4, 0.5) is 17.8 Å². The molecule has 12 heteroatoms. The van der Waals surface area contributed by atoms with Gasteiger partial charge in [-0.15, -0.1) is 0 Å². The molecule has 10 N–H and O–H groups in total. The predicted octanol–water partition coefficient (Wildman–Crippen LogP) is -3.21. The van der Waals surface area contributed by atoms with Gasteiger partial charge in [-0.05, 0) is 0 Å². The van der Waals surface area contributed by atoms with Crippen molar-refractivity contribution in [3.05, 3.63) is 0 Å². The second kappa shape index (κ2) is 9.19. The number of nitrogens with zero attached hydrogens (tertiary/aromatic N) is 3. The summed E-state index contributed by atoms with van der Waals surface area (Å²) >= 11 is 0. The van der Waals surface area contributed by atoms with Crippen LogP contribution in [0.2, 0.25) is 0 Å². The maximum atomic E-state index is 7.63. The van der Waals surface area contributed by atoms with Gasteiger partial charge in [-0.3, -0.25) is 0 Å². The van der Waals surface area contributed by atoms with Crippen LogP contribution in [0.5, 0.6) is 0 Å². The van der Waals surface area contributed by atoms with Crippen molar-refractivity contribution in [1.82, 2.24) is 15.0 Å². The van der Waals surface area contributed by atoms with Gasteiger partial charge in [0.15, 0.2) is 0 Å². The molecule has 1 rings (SSSR count). The summed E-state index contributed by atoms with van der Waals surface area (Å²) < 4.78 is 3.43. The van der Waals surface area contributed by atoms with Crippen LogP contribution < -0.4 is 23.1 Å². The second-order valence-corrected chi connectivity index (χ2v) is 2.48. The van der Waals surface area contributed by atoms with Gasteiger partial charge < -0.3 is 27.0 Å². The maximum absolute atomic E-state index is 7.63. The Balaban J connectivity index is 0. The minimum absolute atomic E-state index is 0. The first-order valence-corrected chi connectivity index (χ1v) is 4.19. The van der Waals surface area contributed by atoms with E-state index < -0.39 is 8.60 Å². The van der Waals surface area contributed by atoms with Crippen LogP contribution in [0.1, 0.15) is 0 Å². The van der Waals surface area contributed by atoms with Gasteiger partial charge in [0.25, 0.3) is 0 Å². The van der Waals surface area contributed by atoms with Gasteiger partial charge in [0.05, 0.1) is 0 Å². The Kier molecular flexibility index (Phi) is 10.6. The topological polar surface area (TPSA) is 192 Å². The molecule has 0 saturated carbocycles. The molecular weight excluding hydrogens is 253 g/mol. The molecule has 0 saturated heterocycles. The molecule has 10 nitrogen and oxygen atoms in total. The SMILES string of the molecule is NOP(O)O.Nc1nc(N)nc(N)n1.[CaH2]. The fraction of sp³-hybridized carbons (Fsp3) is 0. The molecule has 0 aliphatic rings. The normalized spacial score (nSPS) is 8.80. The van der Waals surface area contributed by atoms with Crippen molar-refractivity contribution in [3.63, 3.8) is 0 Å². The van der Waals surface area contributed by atoms with E-state index in [0.29, 0.717) is 0 Å². The van der Waals surface area contributed by atoms with Crippen molar-refractivity contribution < 1.29 is 14.4 Å². The molecule has 0 spiro atoms. The van der Waals surface area contributed by atoms with Crippen LogP contribution in [-0.4, -0.2) is 62.5 Å². The van der Waals surface area contributed by atoms with Crippen molar-refractivity contribution in [3.8, 4) is 0 Å². The standard InChI is InChI=1S/C3H6N6.Ca.H4NO3P.2H/c4-1-7-2(5)9-3(6)8-1;;1-4-5(2)3;;/h(H6,4,5,6,7,8,9);;2-3H,1H2;;. The Morgan fingerprint density at radius 2 is 1.13 bits per heavy atom. The molecule has 0 aliphatic heterocycles. The molecule has 1 heterocycles. The first-order valence-electron chi connectivity index (χ1n) is 3.03. The summed E-state index contributed by atoms with van der Waals surface area (Å²) in [6.45, 7) is 0. The van der Waals surface area contributed by atoms with Crippen LogP contribution in [-0.2, 0) is 4.62 Å². The Morgan fingerprint density at radius 1 is 0.933 bits per heavy atom. The third-order valence-corrected chi connectivity index (χ3v) is 0.970. The third-order valence-electron chi connectivity index (χ3n) is 0.782. The summed E-state index contributed by atoms with van der Waals surface area (Å²) in [5.41, 5.74) is 15.4. The van der Waals surface area contributed by atoms with Crippen LogP contribution in [0.25, 0.3) is 0 Å². The zero-order chi connectivity index (χ0) is 11.1. The second-order valence-electron chi connectivity index (χ2n) is 1.77. The number of aromatic nitrogens is 3. The van der Waals surface area contributed by atoms with Crippen LogP contribution in [0, 0.1) is 0 Å². The zero-order valence-electron chi connectivity index (χ0n) is 6.90. The van der Waals surface area contributed by atoms with Gasteiger partial charge in [0.2, 0.25) is 17.8 Å². The molecule has 0 aromatic carbocycles. The Bertz CT molecular complexity index is 238. The predicted molar refractivity (Wildman–Crippen MR) is 58.2 cm³/mol. The van der Waals surface area contributed by atoms with E-state index in [4.69, 9.17) is 27.0 Å². The van der Waals surface area contributed by atoms with Gasteiger partial charge in [-0.1, -0.05) is 0 Å². The monoisotopic (exact) mass is 265 g/mol. The van der Waals surface area contributed by atoms with Crippen molar-refractivity contribution in [1.29, 1.82) is 0 Å². The van der Waals surface area contributed by atoms with Crippen LogP contribution >= 0.6 is 8.60 Å². The van der Waals surface area contributed by atoms with Gasteiger partial charge >= 0.3 is 46.3 Å². The van der Waals surface area contributed by atoms with E-state index in [2.05, 4.69) is 25.5 Å². The van der Waals surface area contributed by atoms with Crippen molar-refractivity contribution in [2.75, 3.05) is 17.2 Å². The van der Waals surface area contributed by atoms with E-state index in [1.807, 2.05) is 0 Å². The Morgan fingerprint density at radius 3 is 1.27 bits per heavy atom. The van der Waals surface area contributed by atoms with Gasteiger partial charge in [0, 0.05) is 0 Å². The molecule has 0 radical (unpaired) electrons. The van der Waals surface area contributed by atoms with E-state index in [1.165, 1.54) is 0 Å². The van der Waals surface area contributed by atoms with Crippen LogP contribution in [0.15, 0.2) is 0 Å². The number of nitrogens with two attached hydrogens (primary N) is 4. The van der Waals surface area contributed by atoms with E-state index in [-0.39, 0.29) is 55.6 Å². The molecule has 0 unspecified atom stereocenters. The third kappa shape index (κ3) is 10.2. The number of rotatable bonds is 1. The first kappa shape index (κ1) is 17.3. The fourth-order valence-electron chi connectivity index (χ4n) is 0.427. The number of hydrogen-bond acceptors (Lipinski definition) is 10. The van der Waals surface area contributed by atoms with Crippen molar-refractivity contribution in [2.45, 2.75) is 0 Å². The number of hydrogen-bond donors (Lipinski definition) is 6. The molecule has 84 valence electrons. The minimum atomic E-state index is -2.32.